The van der Waals surface area contributed by atoms with Gasteiger partial charge in [-0.25, -0.2) is 4.98 Å². The number of nitrogens with one attached hydrogen (secondary N) is 2. The number of aromatic nitrogens is 1. The van der Waals surface area contributed by atoms with Crippen LogP contribution in [0.2, 0.25) is 0 Å². The van der Waals surface area contributed by atoms with Gasteiger partial charge in [0.2, 0.25) is 0 Å². The summed E-state index contributed by atoms with van der Waals surface area (Å²) in [6.07, 6.45) is 0. The molecule has 0 aliphatic heterocycles. The number of carbonyl (C=O) groups is 2. The summed E-state index contributed by atoms with van der Waals surface area (Å²) in [7, 11) is 0. The predicted molar refractivity (Wildman–Crippen MR) is 103 cm³/mol. The van der Waals surface area contributed by atoms with Crippen molar-refractivity contribution < 1.29 is 9.59 Å². The van der Waals surface area contributed by atoms with Gasteiger partial charge in [-0.1, -0.05) is 30.3 Å². The maximum atomic E-state index is 12.6. The van der Waals surface area contributed by atoms with Gasteiger partial charge in [-0.3, -0.25) is 9.59 Å². The van der Waals surface area contributed by atoms with Crippen LogP contribution in [0.25, 0.3) is 0 Å². The number of para-hydroxylation sites is 1. The number of amides is 2. The molecule has 3 aromatic rings. The highest BCUT2D eigenvalue weighted by Crippen LogP contribution is 2.19. The van der Waals surface area contributed by atoms with Crippen LogP contribution in [0.15, 0.2) is 66.7 Å². The summed E-state index contributed by atoms with van der Waals surface area (Å²) in [6, 6.07) is 19.7. The van der Waals surface area contributed by atoms with Gasteiger partial charge in [-0.15, -0.1) is 0 Å². The molecule has 0 saturated heterocycles. The monoisotopic (exact) mass is 345 g/mol. The van der Waals surface area contributed by atoms with Gasteiger partial charge in [0.05, 0.1) is 11.3 Å². The molecule has 0 spiro atoms. The summed E-state index contributed by atoms with van der Waals surface area (Å²) >= 11 is 0. The van der Waals surface area contributed by atoms with Gasteiger partial charge >= 0.3 is 0 Å². The fourth-order valence-electron chi connectivity index (χ4n) is 2.57. The minimum atomic E-state index is -0.357. The molecule has 0 radical (unpaired) electrons. The van der Waals surface area contributed by atoms with Gasteiger partial charge in [0.1, 0.15) is 5.69 Å². The zero-order chi connectivity index (χ0) is 18.5. The lowest BCUT2D eigenvalue weighted by Crippen LogP contribution is -2.19. The predicted octanol–water partition coefficient (Wildman–Crippen LogP) is 4.20. The van der Waals surface area contributed by atoms with Gasteiger partial charge < -0.3 is 10.6 Å². The Morgan fingerprint density at radius 1 is 0.808 bits per heavy atom. The molecule has 0 bridgehead atoms. The summed E-state index contributed by atoms with van der Waals surface area (Å²) in [6.45, 7) is 3.78. The minimum Gasteiger partial charge on any atom is -0.322 e. The Hall–Kier alpha value is -3.47. The second kappa shape index (κ2) is 7.61. The second-order valence-corrected chi connectivity index (χ2v) is 5.99. The third-order valence-electron chi connectivity index (χ3n) is 3.82. The number of pyridine rings is 1. The largest absolute Gasteiger partial charge is 0.322 e. The quantitative estimate of drug-likeness (QED) is 0.744. The topological polar surface area (TPSA) is 71.1 Å². The molecule has 26 heavy (non-hydrogen) atoms. The Balaban J connectivity index is 1.81. The summed E-state index contributed by atoms with van der Waals surface area (Å²) in [4.78, 5) is 29.3. The first-order valence-corrected chi connectivity index (χ1v) is 8.25. The summed E-state index contributed by atoms with van der Waals surface area (Å²) < 4.78 is 0. The number of benzene rings is 2. The van der Waals surface area contributed by atoms with Crippen molar-refractivity contribution in [2.24, 2.45) is 0 Å². The van der Waals surface area contributed by atoms with Crippen LogP contribution in [0.4, 0.5) is 11.4 Å². The molecule has 0 atom stereocenters. The van der Waals surface area contributed by atoms with Crippen LogP contribution in [-0.2, 0) is 0 Å². The molecule has 3 rings (SSSR count). The van der Waals surface area contributed by atoms with E-state index in [1.807, 2.05) is 44.2 Å². The highest BCUT2D eigenvalue weighted by atomic mass is 16.2. The van der Waals surface area contributed by atoms with Crippen molar-refractivity contribution in [3.63, 3.8) is 0 Å². The van der Waals surface area contributed by atoms with Crippen molar-refractivity contribution in [3.05, 3.63) is 89.2 Å². The number of rotatable bonds is 4. The van der Waals surface area contributed by atoms with E-state index in [0.29, 0.717) is 22.6 Å². The third kappa shape index (κ3) is 4.13. The Kier molecular flexibility index (Phi) is 5.08. The number of anilines is 2. The molecule has 2 amide bonds. The highest BCUT2D eigenvalue weighted by molar-refractivity contribution is 6.12. The molecule has 0 saturated carbocycles. The third-order valence-corrected chi connectivity index (χ3v) is 3.82. The van der Waals surface area contributed by atoms with Crippen LogP contribution in [0.5, 0.6) is 0 Å². The summed E-state index contributed by atoms with van der Waals surface area (Å²) in [5.74, 6) is -0.645. The van der Waals surface area contributed by atoms with Crippen LogP contribution in [0.3, 0.4) is 0 Å². The van der Waals surface area contributed by atoms with Gasteiger partial charge in [0.15, 0.2) is 0 Å². The summed E-state index contributed by atoms with van der Waals surface area (Å²) in [5.41, 5.74) is 3.63. The van der Waals surface area contributed by atoms with E-state index in [1.54, 1.807) is 36.4 Å². The Bertz CT molecular complexity index is 967. The smallest absolute Gasteiger partial charge is 0.274 e. The average molecular weight is 345 g/mol. The Labute approximate surface area is 152 Å². The zero-order valence-electron chi connectivity index (χ0n) is 14.6. The van der Waals surface area contributed by atoms with Crippen LogP contribution < -0.4 is 10.6 Å². The van der Waals surface area contributed by atoms with E-state index in [4.69, 9.17) is 0 Å². The lowest BCUT2D eigenvalue weighted by Gasteiger charge is -2.12. The van der Waals surface area contributed by atoms with E-state index in [1.165, 1.54) is 0 Å². The molecule has 0 fully saturated rings. The Morgan fingerprint density at radius 2 is 1.58 bits per heavy atom. The van der Waals surface area contributed by atoms with E-state index in [2.05, 4.69) is 15.6 Å². The zero-order valence-corrected chi connectivity index (χ0v) is 14.6. The van der Waals surface area contributed by atoms with Gasteiger partial charge in [-0.2, -0.15) is 0 Å². The number of carbonyl (C=O) groups excluding carboxylic acids is 2. The molecular formula is C21H19N3O2. The van der Waals surface area contributed by atoms with Crippen molar-refractivity contribution in [3.8, 4) is 0 Å². The molecule has 2 N–H and O–H groups in total. The molecular weight excluding hydrogens is 326 g/mol. The molecule has 0 aliphatic carbocycles. The van der Waals surface area contributed by atoms with E-state index in [-0.39, 0.29) is 11.8 Å². The molecule has 5 heteroatoms. The van der Waals surface area contributed by atoms with Crippen molar-refractivity contribution >= 4 is 23.2 Å². The molecule has 1 heterocycles. The van der Waals surface area contributed by atoms with Crippen molar-refractivity contribution in [1.82, 2.24) is 4.98 Å². The Morgan fingerprint density at radius 3 is 2.35 bits per heavy atom. The first kappa shape index (κ1) is 17.4. The highest BCUT2D eigenvalue weighted by Gasteiger charge is 2.15. The maximum absolute atomic E-state index is 12.6. The van der Waals surface area contributed by atoms with Gasteiger partial charge in [0, 0.05) is 11.4 Å². The fourth-order valence-corrected chi connectivity index (χ4v) is 2.57. The van der Waals surface area contributed by atoms with E-state index in [9.17, 15) is 9.59 Å². The summed E-state index contributed by atoms with van der Waals surface area (Å²) in [5, 5.41) is 5.63. The molecule has 5 nitrogen and oxygen atoms in total. The van der Waals surface area contributed by atoms with Crippen molar-refractivity contribution in [2.75, 3.05) is 10.6 Å². The fraction of sp³-hybridized carbons (Fsp3) is 0.0952. The second-order valence-electron chi connectivity index (χ2n) is 5.99. The molecule has 2 aromatic carbocycles. The molecule has 1 aromatic heterocycles. The first-order chi connectivity index (χ1) is 12.5. The van der Waals surface area contributed by atoms with Crippen molar-refractivity contribution in [1.29, 1.82) is 0 Å². The number of nitrogens with zero attached hydrogens (tertiary/aromatic N) is 1. The van der Waals surface area contributed by atoms with Crippen molar-refractivity contribution in [2.45, 2.75) is 13.8 Å². The normalized spacial score (nSPS) is 10.2. The number of hydrogen-bond donors (Lipinski definition) is 2. The molecule has 0 aliphatic rings. The van der Waals surface area contributed by atoms with Crippen LogP contribution in [0, 0.1) is 13.8 Å². The molecule has 0 unspecified atom stereocenters. The molecule has 130 valence electrons. The van der Waals surface area contributed by atoms with Crippen LogP contribution in [-0.4, -0.2) is 16.8 Å². The number of aryl methyl sites for hydroxylation is 2. The van der Waals surface area contributed by atoms with Crippen LogP contribution in [0.1, 0.15) is 32.1 Å². The lowest BCUT2D eigenvalue weighted by atomic mass is 10.1. The SMILES string of the molecule is Cc1cccc(NC(=O)c2ccccc2NC(=O)c2cccc(C)n2)c1. The first-order valence-electron chi connectivity index (χ1n) is 8.25. The minimum absolute atomic E-state index is 0.288. The van der Waals surface area contributed by atoms with Gasteiger partial charge in [-0.05, 0) is 55.8 Å². The lowest BCUT2D eigenvalue weighted by molar-refractivity contribution is 0.102. The average Bonchev–Trinajstić information content (AvgIpc) is 2.62. The van der Waals surface area contributed by atoms with E-state index < -0.39 is 0 Å². The van der Waals surface area contributed by atoms with E-state index >= 15 is 0 Å². The standard InChI is InChI=1S/C21H19N3O2/c1-14-7-5-9-16(13-14)23-20(25)17-10-3-4-11-18(17)24-21(26)19-12-6-8-15(2)22-19/h3-13H,1-2H3,(H,23,25)(H,24,26). The number of hydrogen-bond acceptors (Lipinski definition) is 3. The van der Waals surface area contributed by atoms with Crippen LogP contribution >= 0.6 is 0 Å². The van der Waals surface area contributed by atoms with E-state index in [0.717, 1.165) is 11.3 Å². The van der Waals surface area contributed by atoms with Gasteiger partial charge in [0.25, 0.3) is 11.8 Å². The maximum Gasteiger partial charge on any atom is 0.274 e.